The second-order valence-electron chi connectivity index (χ2n) is 3.47. The third kappa shape index (κ3) is 2.69. The van der Waals surface area contributed by atoms with Gasteiger partial charge in [0.25, 0.3) is 0 Å². The average molecular weight is 176 g/mol. The third-order valence-electron chi connectivity index (χ3n) is 2.36. The summed E-state index contributed by atoms with van der Waals surface area (Å²) in [6.07, 6.45) is 3.30. The van der Waals surface area contributed by atoms with Gasteiger partial charge in [-0.15, -0.1) is 0 Å². The fraction of sp³-hybridized carbons (Fsp3) is 0.417. The molecule has 0 amide bonds. The van der Waals surface area contributed by atoms with Gasteiger partial charge in [0.05, 0.1) is 0 Å². The Balaban J connectivity index is 2.73. The number of benzene rings is 1. The molecular weight excluding hydrogens is 160 g/mol. The Labute approximate surface area is 79.8 Å². The van der Waals surface area contributed by atoms with E-state index in [9.17, 15) is 4.79 Å². The summed E-state index contributed by atoms with van der Waals surface area (Å²) in [6, 6.07) is 7.86. The summed E-state index contributed by atoms with van der Waals surface area (Å²) in [5.41, 5.74) is 2.08. The van der Waals surface area contributed by atoms with Crippen molar-refractivity contribution in [1.29, 1.82) is 0 Å². The minimum absolute atomic E-state index is 0.603. The van der Waals surface area contributed by atoms with E-state index in [1.54, 1.807) is 0 Å². The Bertz CT molecular complexity index is 261. The number of hydrogen-bond donors (Lipinski definition) is 0. The van der Waals surface area contributed by atoms with Gasteiger partial charge in [0.15, 0.2) is 0 Å². The van der Waals surface area contributed by atoms with Crippen LogP contribution >= 0.6 is 0 Å². The summed E-state index contributed by atoms with van der Waals surface area (Å²) in [6.45, 7) is 4.41. The lowest BCUT2D eigenvalue weighted by Gasteiger charge is -2.09. The van der Waals surface area contributed by atoms with E-state index in [-0.39, 0.29) is 0 Å². The molecule has 1 atom stereocenters. The van der Waals surface area contributed by atoms with Crippen molar-refractivity contribution < 1.29 is 4.79 Å². The Hall–Kier alpha value is -1.11. The van der Waals surface area contributed by atoms with E-state index in [2.05, 4.69) is 13.8 Å². The molecule has 1 aromatic rings. The van der Waals surface area contributed by atoms with Crippen LogP contribution in [0.5, 0.6) is 0 Å². The first-order chi connectivity index (χ1) is 6.27. The summed E-state index contributed by atoms with van der Waals surface area (Å²) in [5.74, 6) is 0.603. The molecular formula is C12H16O. The molecule has 0 spiro atoms. The van der Waals surface area contributed by atoms with Crippen molar-refractivity contribution in [2.75, 3.05) is 0 Å². The lowest BCUT2D eigenvalue weighted by atomic mass is 9.96. The predicted molar refractivity (Wildman–Crippen MR) is 55.2 cm³/mol. The molecule has 0 aliphatic heterocycles. The molecule has 1 rings (SSSR count). The molecule has 0 saturated carbocycles. The molecule has 0 bridgehead atoms. The lowest BCUT2D eigenvalue weighted by Crippen LogP contribution is -1.92. The van der Waals surface area contributed by atoms with Gasteiger partial charge < -0.3 is 0 Å². The largest absolute Gasteiger partial charge is 0.298 e. The summed E-state index contributed by atoms with van der Waals surface area (Å²) >= 11 is 0. The van der Waals surface area contributed by atoms with Gasteiger partial charge in [-0.1, -0.05) is 44.5 Å². The van der Waals surface area contributed by atoms with E-state index in [1.807, 2.05) is 24.3 Å². The molecule has 0 heterocycles. The van der Waals surface area contributed by atoms with Crippen molar-refractivity contribution >= 4 is 6.29 Å². The highest BCUT2D eigenvalue weighted by molar-refractivity contribution is 5.74. The molecule has 1 unspecified atom stereocenters. The first-order valence-corrected chi connectivity index (χ1v) is 4.83. The monoisotopic (exact) mass is 176 g/mol. The highest BCUT2D eigenvalue weighted by Crippen LogP contribution is 2.20. The molecule has 13 heavy (non-hydrogen) atoms. The van der Waals surface area contributed by atoms with Gasteiger partial charge in [-0.2, -0.15) is 0 Å². The number of carbonyl (C=O) groups excluding carboxylic acids is 1. The smallest absolute Gasteiger partial charge is 0.150 e. The zero-order valence-corrected chi connectivity index (χ0v) is 8.29. The summed E-state index contributed by atoms with van der Waals surface area (Å²) < 4.78 is 0. The zero-order chi connectivity index (χ0) is 9.68. The van der Waals surface area contributed by atoms with Crippen LogP contribution in [0.1, 0.15) is 48.5 Å². The first-order valence-electron chi connectivity index (χ1n) is 4.83. The SMILES string of the molecule is CCCC(C)c1ccc(C=O)cc1. The van der Waals surface area contributed by atoms with Crippen LogP contribution in [0.3, 0.4) is 0 Å². The number of aldehydes is 1. The zero-order valence-electron chi connectivity index (χ0n) is 8.29. The normalized spacial score (nSPS) is 12.5. The molecule has 0 N–H and O–H groups in total. The number of carbonyl (C=O) groups is 1. The highest BCUT2D eigenvalue weighted by Gasteiger charge is 2.03. The van der Waals surface area contributed by atoms with Crippen molar-refractivity contribution in [2.45, 2.75) is 32.6 Å². The maximum Gasteiger partial charge on any atom is 0.150 e. The van der Waals surface area contributed by atoms with Crippen molar-refractivity contribution in [3.63, 3.8) is 0 Å². The fourth-order valence-electron chi connectivity index (χ4n) is 1.50. The van der Waals surface area contributed by atoms with E-state index >= 15 is 0 Å². The fourth-order valence-corrected chi connectivity index (χ4v) is 1.50. The predicted octanol–water partition coefficient (Wildman–Crippen LogP) is 3.40. The second-order valence-corrected chi connectivity index (χ2v) is 3.47. The van der Waals surface area contributed by atoms with Crippen molar-refractivity contribution in [2.24, 2.45) is 0 Å². The molecule has 0 aromatic heterocycles. The van der Waals surface area contributed by atoms with Crippen LogP contribution in [-0.2, 0) is 0 Å². The molecule has 0 saturated heterocycles. The van der Waals surface area contributed by atoms with Gasteiger partial charge >= 0.3 is 0 Å². The molecule has 1 aromatic carbocycles. The summed E-state index contributed by atoms with van der Waals surface area (Å²) in [7, 11) is 0. The molecule has 1 heteroatoms. The Morgan fingerprint density at radius 1 is 1.31 bits per heavy atom. The molecule has 0 aliphatic rings. The Morgan fingerprint density at radius 2 is 1.92 bits per heavy atom. The minimum Gasteiger partial charge on any atom is -0.298 e. The van der Waals surface area contributed by atoms with Crippen LogP contribution in [0.15, 0.2) is 24.3 Å². The molecule has 70 valence electrons. The van der Waals surface area contributed by atoms with Gasteiger partial charge in [-0.05, 0) is 17.9 Å². The highest BCUT2D eigenvalue weighted by atomic mass is 16.1. The maximum absolute atomic E-state index is 10.4. The summed E-state index contributed by atoms with van der Waals surface area (Å²) in [5, 5.41) is 0. The third-order valence-corrected chi connectivity index (χ3v) is 2.36. The van der Waals surface area contributed by atoms with Crippen molar-refractivity contribution in [3.05, 3.63) is 35.4 Å². The van der Waals surface area contributed by atoms with Gasteiger partial charge in [0, 0.05) is 5.56 Å². The van der Waals surface area contributed by atoms with Gasteiger partial charge in [-0.25, -0.2) is 0 Å². The van der Waals surface area contributed by atoms with E-state index in [1.165, 1.54) is 18.4 Å². The van der Waals surface area contributed by atoms with Gasteiger partial charge in [0.2, 0.25) is 0 Å². The molecule has 0 radical (unpaired) electrons. The van der Waals surface area contributed by atoms with Gasteiger partial charge in [0.1, 0.15) is 6.29 Å². The van der Waals surface area contributed by atoms with E-state index in [0.29, 0.717) is 5.92 Å². The first kappa shape index (κ1) is 9.97. The maximum atomic E-state index is 10.4. The Kier molecular flexibility index (Phi) is 3.69. The minimum atomic E-state index is 0.603. The van der Waals surface area contributed by atoms with Crippen molar-refractivity contribution in [3.8, 4) is 0 Å². The quantitative estimate of drug-likeness (QED) is 0.642. The average Bonchev–Trinajstić information content (AvgIpc) is 2.18. The van der Waals surface area contributed by atoms with Crippen LogP contribution in [0.2, 0.25) is 0 Å². The van der Waals surface area contributed by atoms with E-state index < -0.39 is 0 Å². The van der Waals surface area contributed by atoms with E-state index in [4.69, 9.17) is 0 Å². The molecule has 0 aliphatic carbocycles. The standard InChI is InChI=1S/C12H16O/c1-3-4-10(2)12-7-5-11(9-13)6-8-12/h5-10H,3-4H2,1-2H3. The van der Waals surface area contributed by atoms with Crippen LogP contribution in [0.25, 0.3) is 0 Å². The van der Waals surface area contributed by atoms with Crippen LogP contribution in [0.4, 0.5) is 0 Å². The lowest BCUT2D eigenvalue weighted by molar-refractivity contribution is 0.112. The number of hydrogen-bond acceptors (Lipinski definition) is 1. The number of rotatable bonds is 4. The van der Waals surface area contributed by atoms with Crippen LogP contribution in [0, 0.1) is 0 Å². The Morgan fingerprint density at radius 3 is 2.38 bits per heavy atom. The summed E-state index contributed by atoms with van der Waals surface area (Å²) in [4.78, 5) is 10.4. The van der Waals surface area contributed by atoms with Crippen LogP contribution in [-0.4, -0.2) is 6.29 Å². The van der Waals surface area contributed by atoms with Crippen LogP contribution < -0.4 is 0 Å². The van der Waals surface area contributed by atoms with E-state index in [0.717, 1.165) is 11.8 Å². The molecule has 0 fully saturated rings. The second kappa shape index (κ2) is 4.80. The molecule has 1 nitrogen and oxygen atoms in total. The van der Waals surface area contributed by atoms with Gasteiger partial charge in [-0.3, -0.25) is 4.79 Å². The van der Waals surface area contributed by atoms with Crippen molar-refractivity contribution in [1.82, 2.24) is 0 Å². The topological polar surface area (TPSA) is 17.1 Å².